The minimum Gasteiger partial charge on any atom is -0.507 e. The summed E-state index contributed by atoms with van der Waals surface area (Å²) in [4.78, 5) is -0.742. The first-order valence-corrected chi connectivity index (χ1v) is 10.4. The number of nitrogens with one attached hydrogen (secondary N) is 2. The molecule has 0 saturated heterocycles. The third kappa shape index (κ3) is 4.68. The Morgan fingerprint density at radius 3 is 2.62 bits per heavy atom. The van der Waals surface area contributed by atoms with Crippen molar-refractivity contribution in [2.24, 2.45) is 5.73 Å². The molecule has 0 unspecified atom stereocenters. The maximum Gasteiger partial charge on any atom is 0.419 e. The molecule has 1 aromatic heterocycles. The van der Waals surface area contributed by atoms with Crippen molar-refractivity contribution in [1.82, 2.24) is 14.8 Å². The predicted octanol–water partition coefficient (Wildman–Crippen LogP) is 3.42. The summed E-state index contributed by atoms with van der Waals surface area (Å²) in [6.07, 6.45) is -1.42. The van der Waals surface area contributed by atoms with Crippen molar-refractivity contribution in [1.29, 1.82) is 5.41 Å². The fraction of sp³-hybridized carbons (Fsp3) is 0.0556. The van der Waals surface area contributed by atoms with E-state index in [9.17, 15) is 26.7 Å². The van der Waals surface area contributed by atoms with Crippen LogP contribution in [0.1, 0.15) is 5.56 Å². The van der Waals surface area contributed by atoms with Crippen molar-refractivity contribution < 1.29 is 26.7 Å². The van der Waals surface area contributed by atoms with Crippen LogP contribution < -0.4 is 10.5 Å². The molecule has 32 heavy (non-hydrogen) atoms. The molecule has 0 saturated carbocycles. The Labute approximate surface area is 184 Å². The second-order valence-electron chi connectivity index (χ2n) is 6.24. The monoisotopic (exact) mass is 486 g/mol. The third-order valence-corrected chi connectivity index (χ3v) is 5.71. The maximum atomic E-state index is 13.1. The molecule has 5 N–H and O–H groups in total. The zero-order valence-corrected chi connectivity index (χ0v) is 17.4. The fourth-order valence-electron chi connectivity index (χ4n) is 2.68. The van der Waals surface area contributed by atoms with Gasteiger partial charge in [-0.05, 0) is 48.7 Å². The molecule has 0 bridgehead atoms. The Morgan fingerprint density at radius 1 is 1.25 bits per heavy atom. The van der Waals surface area contributed by atoms with Gasteiger partial charge in [0.05, 0.1) is 16.1 Å². The van der Waals surface area contributed by atoms with Gasteiger partial charge in [0.1, 0.15) is 17.9 Å². The average molecular weight is 487 g/mol. The van der Waals surface area contributed by atoms with Gasteiger partial charge < -0.3 is 10.8 Å². The largest absolute Gasteiger partial charge is 0.507 e. The number of hydrogen-bond acceptors (Lipinski definition) is 7. The number of benzene rings is 2. The van der Waals surface area contributed by atoms with E-state index in [-0.39, 0.29) is 27.9 Å². The normalized spacial score (nSPS) is 12.2. The van der Waals surface area contributed by atoms with Crippen LogP contribution in [0, 0.1) is 5.41 Å². The second kappa shape index (κ2) is 8.51. The molecule has 1 heterocycles. The lowest BCUT2D eigenvalue weighted by molar-refractivity contribution is -0.138. The average Bonchev–Trinajstić information content (AvgIpc) is 3.17. The van der Waals surface area contributed by atoms with Gasteiger partial charge in [-0.15, -0.1) is 10.2 Å². The van der Waals surface area contributed by atoms with Gasteiger partial charge >= 0.3 is 6.18 Å². The summed E-state index contributed by atoms with van der Waals surface area (Å²) in [5.41, 5.74) is 3.80. The number of nitrogens with two attached hydrogens (primary N) is 1. The fourth-order valence-corrected chi connectivity index (χ4v) is 3.94. The van der Waals surface area contributed by atoms with E-state index in [1.54, 1.807) is 0 Å². The molecule has 3 aromatic rings. The van der Waals surface area contributed by atoms with E-state index in [2.05, 4.69) is 14.9 Å². The highest BCUT2D eigenvalue weighted by atomic mass is 35.5. The Morgan fingerprint density at radius 2 is 1.97 bits per heavy atom. The number of anilines is 1. The van der Waals surface area contributed by atoms with Crippen LogP contribution in [0.15, 0.2) is 59.9 Å². The summed E-state index contributed by atoms with van der Waals surface area (Å²) in [7, 11) is -4.55. The number of aromatic hydroxyl groups is 1. The van der Waals surface area contributed by atoms with Crippen LogP contribution in [-0.2, 0) is 16.2 Å². The molecule has 0 amide bonds. The quantitative estimate of drug-likeness (QED) is 0.321. The number of rotatable bonds is 5. The van der Waals surface area contributed by atoms with E-state index in [0.29, 0.717) is 12.1 Å². The van der Waals surface area contributed by atoms with Crippen molar-refractivity contribution in [2.75, 3.05) is 4.72 Å². The van der Waals surface area contributed by atoms with Crippen molar-refractivity contribution >= 4 is 33.1 Å². The number of halogens is 4. The topological polar surface area (TPSA) is 147 Å². The van der Waals surface area contributed by atoms with Gasteiger partial charge in [0.2, 0.25) is 0 Å². The summed E-state index contributed by atoms with van der Waals surface area (Å²) in [5.74, 6) is -1.20. The number of sulfonamides is 1. The van der Waals surface area contributed by atoms with Gasteiger partial charge in [0.25, 0.3) is 10.0 Å². The van der Waals surface area contributed by atoms with E-state index in [4.69, 9.17) is 22.7 Å². The first kappa shape index (κ1) is 23.1. The molecule has 9 nitrogen and oxygen atoms in total. The summed E-state index contributed by atoms with van der Waals surface area (Å²) in [6, 6.07) is 5.82. The molecule has 0 spiro atoms. The molecule has 0 fully saturated rings. The number of aromatic nitrogens is 3. The van der Waals surface area contributed by atoms with Crippen molar-refractivity contribution in [3.05, 3.63) is 65.6 Å². The molecule has 0 radical (unpaired) electrons. The van der Waals surface area contributed by atoms with Gasteiger partial charge in [-0.25, -0.2) is 8.42 Å². The van der Waals surface area contributed by atoms with Crippen molar-refractivity contribution in [3.8, 4) is 17.1 Å². The minimum absolute atomic E-state index is 0.0455. The molecule has 14 heteroatoms. The number of phenolic OH excluding ortho intramolecular Hbond substituents is 1. The molecule has 0 aliphatic heterocycles. The first-order chi connectivity index (χ1) is 14.9. The molecular weight excluding hydrogens is 473 g/mol. The van der Waals surface area contributed by atoms with Crippen molar-refractivity contribution in [3.63, 3.8) is 0 Å². The summed E-state index contributed by atoms with van der Waals surface area (Å²) >= 11 is 5.98. The minimum atomic E-state index is -4.97. The molecule has 3 rings (SSSR count). The lowest BCUT2D eigenvalue weighted by atomic mass is 10.1. The molecule has 0 aliphatic rings. The van der Waals surface area contributed by atoms with Gasteiger partial charge in [-0.3, -0.25) is 14.7 Å². The lowest BCUT2D eigenvalue weighted by Gasteiger charge is -2.15. The molecule has 168 valence electrons. The van der Waals surface area contributed by atoms with E-state index in [1.165, 1.54) is 35.2 Å². The summed E-state index contributed by atoms with van der Waals surface area (Å²) in [5, 5.41) is 25.1. The second-order valence-corrected chi connectivity index (χ2v) is 8.36. The number of phenols is 1. The molecule has 2 aromatic carbocycles. The predicted molar refractivity (Wildman–Crippen MR) is 111 cm³/mol. The van der Waals surface area contributed by atoms with E-state index < -0.39 is 32.4 Å². The van der Waals surface area contributed by atoms with Gasteiger partial charge in [0.15, 0.2) is 5.82 Å². The van der Waals surface area contributed by atoms with Gasteiger partial charge in [0, 0.05) is 10.6 Å². The van der Waals surface area contributed by atoms with Gasteiger partial charge in [-0.2, -0.15) is 13.2 Å². The summed E-state index contributed by atoms with van der Waals surface area (Å²) in [6.45, 7) is 0. The van der Waals surface area contributed by atoms with Crippen LogP contribution >= 0.6 is 11.6 Å². The molecule has 0 atom stereocenters. The van der Waals surface area contributed by atoms with Crippen LogP contribution in [0.5, 0.6) is 5.75 Å². The highest BCUT2D eigenvalue weighted by Crippen LogP contribution is 2.38. The van der Waals surface area contributed by atoms with E-state index >= 15 is 0 Å². The smallest absolute Gasteiger partial charge is 0.419 e. The molecular formula is C18H14ClF3N6O3S. The number of nitrogens with zero attached hydrogens (tertiary/aromatic N) is 3. The number of hydrogen-bond donors (Lipinski definition) is 4. The third-order valence-electron chi connectivity index (χ3n) is 4.11. The maximum absolute atomic E-state index is 13.1. The Balaban J connectivity index is 2.09. The Hall–Kier alpha value is -3.58. The van der Waals surface area contributed by atoms with Crippen LogP contribution in [0.3, 0.4) is 0 Å². The van der Waals surface area contributed by atoms with Crippen LogP contribution in [0.2, 0.25) is 5.02 Å². The number of alkyl halides is 3. The van der Waals surface area contributed by atoms with E-state index in [0.717, 1.165) is 12.3 Å². The highest BCUT2D eigenvalue weighted by Gasteiger charge is 2.35. The van der Waals surface area contributed by atoms with Crippen LogP contribution in [0.25, 0.3) is 11.4 Å². The Bertz CT molecular complexity index is 1320. The van der Waals surface area contributed by atoms with Crippen LogP contribution in [0.4, 0.5) is 18.9 Å². The first-order valence-electron chi connectivity index (χ1n) is 8.54. The van der Waals surface area contributed by atoms with Crippen LogP contribution in [-0.4, -0.2) is 34.1 Å². The SMILES string of the molecule is N=C(/C=C\N)n1cnnc1-c1ccc(Cl)cc1NS(=O)(=O)c1ccc(O)c(C(F)(F)F)c1. The van der Waals surface area contributed by atoms with E-state index in [1.807, 2.05) is 0 Å². The van der Waals surface area contributed by atoms with Gasteiger partial charge in [-0.1, -0.05) is 11.6 Å². The number of allylic oxidation sites excluding steroid dienone is 1. The lowest BCUT2D eigenvalue weighted by Crippen LogP contribution is -2.16. The summed E-state index contributed by atoms with van der Waals surface area (Å²) < 4.78 is 68.3. The standard InChI is InChI=1S/C18H14ClF3N6O3S/c19-10-1-3-12(17-26-25-9-28(17)16(24)5-6-23)14(7-10)27-32(30,31)11-2-4-15(29)13(8-11)18(20,21)22/h1-9,24,27,29H,23H2/b6-5-,24-16?. The van der Waals surface area contributed by atoms with Crippen molar-refractivity contribution in [2.45, 2.75) is 11.1 Å². The Kier molecular flexibility index (Phi) is 6.14. The zero-order valence-electron chi connectivity index (χ0n) is 15.8. The molecule has 0 aliphatic carbocycles. The zero-order chi connectivity index (χ0) is 23.7. The highest BCUT2D eigenvalue weighted by molar-refractivity contribution is 7.92.